The molecule has 5 rings (SSSR count). The van der Waals surface area contributed by atoms with E-state index < -0.39 is 10.0 Å². The molecule has 0 amide bonds. The summed E-state index contributed by atoms with van der Waals surface area (Å²) in [5.41, 5.74) is 1.44. The van der Waals surface area contributed by atoms with Crippen LogP contribution in [0.25, 0.3) is 0 Å². The van der Waals surface area contributed by atoms with E-state index in [2.05, 4.69) is 14.9 Å². The van der Waals surface area contributed by atoms with Crippen LogP contribution in [0.15, 0.2) is 41.3 Å². The molecule has 2 aromatic carbocycles. The Kier molecular flexibility index (Phi) is 4.63. The molecule has 2 aromatic rings. The highest BCUT2D eigenvalue weighted by molar-refractivity contribution is 7.92. The van der Waals surface area contributed by atoms with E-state index in [0.717, 1.165) is 25.3 Å². The molecule has 0 atom stereocenters. The average molecular weight is 417 g/mol. The molecule has 1 fully saturated rings. The Labute approximate surface area is 169 Å². The summed E-state index contributed by atoms with van der Waals surface area (Å²) in [6.45, 7) is 3.33. The van der Waals surface area contributed by atoms with Gasteiger partial charge in [-0.05, 0) is 37.1 Å². The van der Waals surface area contributed by atoms with Crippen molar-refractivity contribution < 1.29 is 22.6 Å². The van der Waals surface area contributed by atoms with Crippen molar-refractivity contribution in [1.29, 1.82) is 0 Å². The standard InChI is InChI=1S/C20H23N3O5S/c24-29(25,16-4-6-18-20(12-16)28-13-27-18)22-15-3-5-17-19(11-15)26-10-9-23(17)8-7-21-14-1-2-14/h3-6,11-12,14,21-22H,1-2,7-10,13H2. The molecule has 2 heterocycles. The van der Waals surface area contributed by atoms with Gasteiger partial charge >= 0.3 is 0 Å². The first-order valence-corrected chi connectivity index (χ1v) is 11.2. The van der Waals surface area contributed by atoms with Gasteiger partial charge in [-0.1, -0.05) is 0 Å². The van der Waals surface area contributed by atoms with Crippen molar-refractivity contribution >= 4 is 21.4 Å². The summed E-state index contributed by atoms with van der Waals surface area (Å²) in [5, 5.41) is 3.52. The fourth-order valence-electron chi connectivity index (χ4n) is 3.52. The van der Waals surface area contributed by atoms with Crippen LogP contribution in [-0.2, 0) is 10.0 Å². The fraction of sp³-hybridized carbons (Fsp3) is 0.400. The lowest BCUT2D eigenvalue weighted by atomic mass is 10.2. The summed E-state index contributed by atoms with van der Waals surface area (Å²) in [7, 11) is -3.76. The van der Waals surface area contributed by atoms with Crippen LogP contribution in [0.5, 0.6) is 17.2 Å². The van der Waals surface area contributed by atoms with Gasteiger partial charge in [-0.3, -0.25) is 4.72 Å². The predicted octanol–water partition coefficient (Wildman–Crippen LogP) is 2.17. The maximum Gasteiger partial charge on any atom is 0.262 e. The van der Waals surface area contributed by atoms with Crippen LogP contribution in [0.4, 0.5) is 11.4 Å². The fourth-order valence-corrected chi connectivity index (χ4v) is 4.59. The second kappa shape index (κ2) is 7.31. The highest BCUT2D eigenvalue weighted by Crippen LogP contribution is 2.36. The Morgan fingerprint density at radius 3 is 2.72 bits per heavy atom. The Morgan fingerprint density at radius 2 is 1.86 bits per heavy atom. The zero-order valence-electron chi connectivity index (χ0n) is 15.9. The van der Waals surface area contributed by atoms with Gasteiger partial charge in [0.15, 0.2) is 11.5 Å². The number of nitrogens with one attached hydrogen (secondary N) is 2. The van der Waals surface area contributed by atoms with Gasteiger partial charge in [0, 0.05) is 31.3 Å². The molecule has 29 heavy (non-hydrogen) atoms. The molecule has 0 spiro atoms. The molecule has 0 bridgehead atoms. The maximum absolute atomic E-state index is 12.8. The van der Waals surface area contributed by atoms with Gasteiger partial charge in [-0.25, -0.2) is 8.42 Å². The monoisotopic (exact) mass is 417 g/mol. The molecular formula is C20H23N3O5S. The van der Waals surface area contributed by atoms with E-state index in [1.807, 2.05) is 6.07 Å². The molecule has 0 radical (unpaired) electrons. The van der Waals surface area contributed by atoms with Gasteiger partial charge in [0.2, 0.25) is 6.79 Å². The highest BCUT2D eigenvalue weighted by atomic mass is 32.2. The number of benzene rings is 2. The van der Waals surface area contributed by atoms with Gasteiger partial charge in [0.05, 0.1) is 22.8 Å². The van der Waals surface area contributed by atoms with Crippen molar-refractivity contribution in [2.45, 2.75) is 23.8 Å². The first-order chi connectivity index (χ1) is 14.1. The Morgan fingerprint density at radius 1 is 1.00 bits per heavy atom. The predicted molar refractivity (Wildman–Crippen MR) is 109 cm³/mol. The third-order valence-electron chi connectivity index (χ3n) is 5.22. The third-order valence-corrected chi connectivity index (χ3v) is 6.60. The highest BCUT2D eigenvalue weighted by Gasteiger charge is 2.24. The summed E-state index contributed by atoms with van der Waals surface area (Å²) in [6.07, 6.45) is 2.54. The molecule has 2 aliphatic heterocycles. The van der Waals surface area contributed by atoms with Crippen molar-refractivity contribution in [3.8, 4) is 17.2 Å². The van der Waals surface area contributed by atoms with Gasteiger partial charge in [-0.15, -0.1) is 0 Å². The lowest BCUT2D eigenvalue weighted by molar-refractivity contribution is 0.174. The minimum atomic E-state index is -3.76. The summed E-state index contributed by atoms with van der Waals surface area (Å²) >= 11 is 0. The number of nitrogens with zero attached hydrogens (tertiary/aromatic N) is 1. The second-order valence-electron chi connectivity index (χ2n) is 7.37. The van der Waals surface area contributed by atoms with Crippen molar-refractivity contribution in [1.82, 2.24) is 5.32 Å². The van der Waals surface area contributed by atoms with E-state index >= 15 is 0 Å². The zero-order valence-corrected chi connectivity index (χ0v) is 16.7. The quantitative estimate of drug-likeness (QED) is 0.714. The van der Waals surface area contributed by atoms with Crippen LogP contribution < -0.4 is 29.1 Å². The molecule has 2 N–H and O–H groups in total. The second-order valence-corrected chi connectivity index (χ2v) is 9.05. The molecule has 0 unspecified atom stereocenters. The van der Waals surface area contributed by atoms with Crippen LogP contribution in [0.3, 0.4) is 0 Å². The number of anilines is 2. The van der Waals surface area contributed by atoms with Gasteiger partial charge in [0.1, 0.15) is 12.4 Å². The van der Waals surface area contributed by atoms with Gasteiger partial charge in [0.25, 0.3) is 10.0 Å². The minimum Gasteiger partial charge on any atom is -0.489 e. The van der Waals surface area contributed by atoms with Crippen LogP contribution in [-0.4, -0.2) is 47.5 Å². The largest absolute Gasteiger partial charge is 0.489 e. The zero-order chi connectivity index (χ0) is 19.8. The number of fused-ring (bicyclic) bond motifs is 2. The molecule has 3 aliphatic rings. The van der Waals surface area contributed by atoms with Crippen molar-refractivity contribution in [3.05, 3.63) is 36.4 Å². The Bertz CT molecular complexity index is 1020. The van der Waals surface area contributed by atoms with Crippen molar-refractivity contribution in [3.63, 3.8) is 0 Å². The van der Waals surface area contributed by atoms with Crippen LogP contribution in [0.2, 0.25) is 0 Å². The molecule has 0 aromatic heterocycles. The molecule has 1 aliphatic carbocycles. The average Bonchev–Trinajstić information content (AvgIpc) is 3.41. The topological polar surface area (TPSA) is 89.1 Å². The first-order valence-electron chi connectivity index (χ1n) is 9.76. The number of hydrogen-bond donors (Lipinski definition) is 2. The first kappa shape index (κ1) is 18.4. The van der Waals surface area contributed by atoms with E-state index in [9.17, 15) is 8.42 Å². The summed E-state index contributed by atoms with van der Waals surface area (Å²) in [4.78, 5) is 2.39. The van der Waals surface area contributed by atoms with Crippen LogP contribution in [0, 0.1) is 0 Å². The van der Waals surface area contributed by atoms with E-state index in [1.165, 1.54) is 25.0 Å². The van der Waals surface area contributed by atoms with Crippen LogP contribution in [0.1, 0.15) is 12.8 Å². The number of ether oxygens (including phenoxy) is 3. The smallest absolute Gasteiger partial charge is 0.262 e. The van der Waals surface area contributed by atoms with Crippen molar-refractivity contribution in [2.24, 2.45) is 0 Å². The lowest BCUT2D eigenvalue weighted by Crippen LogP contribution is -2.38. The SMILES string of the molecule is O=S(=O)(Nc1ccc2c(c1)OCCN2CCNC1CC1)c1ccc2c(c1)OCO2. The molecule has 0 saturated heterocycles. The molecule has 8 nitrogen and oxygen atoms in total. The number of sulfonamides is 1. The summed E-state index contributed by atoms with van der Waals surface area (Å²) in [6, 6.07) is 10.7. The maximum atomic E-state index is 12.8. The van der Waals surface area contributed by atoms with Gasteiger partial charge < -0.3 is 24.4 Å². The normalized spacial score (nSPS) is 17.6. The minimum absolute atomic E-state index is 0.0983. The molecule has 9 heteroatoms. The molecule has 1 saturated carbocycles. The van der Waals surface area contributed by atoms with Crippen molar-refractivity contribution in [2.75, 3.05) is 42.7 Å². The summed E-state index contributed by atoms with van der Waals surface area (Å²) in [5.74, 6) is 1.66. The molecule has 154 valence electrons. The number of hydrogen-bond acceptors (Lipinski definition) is 7. The Hall–Kier alpha value is -2.65. The summed E-state index contributed by atoms with van der Waals surface area (Å²) < 4.78 is 44.5. The molecular weight excluding hydrogens is 394 g/mol. The van der Waals surface area contributed by atoms with Gasteiger partial charge in [-0.2, -0.15) is 0 Å². The van der Waals surface area contributed by atoms with E-state index in [1.54, 1.807) is 18.2 Å². The van der Waals surface area contributed by atoms with E-state index in [-0.39, 0.29) is 11.7 Å². The van der Waals surface area contributed by atoms with Crippen LogP contribution >= 0.6 is 0 Å². The number of rotatable bonds is 7. The van der Waals surface area contributed by atoms with E-state index in [0.29, 0.717) is 35.6 Å². The van der Waals surface area contributed by atoms with E-state index in [4.69, 9.17) is 14.2 Å². The lowest BCUT2D eigenvalue weighted by Gasteiger charge is -2.31. The Balaban J connectivity index is 1.31. The third kappa shape index (κ3) is 3.92.